The van der Waals surface area contributed by atoms with Gasteiger partial charge in [-0.25, -0.2) is 0 Å². The van der Waals surface area contributed by atoms with Crippen LogP contribution in [0, 0.1) is 0 Å². The van der Waals surface area contributed by atoms with Gasteiger partial charge in [0.25, 0.3) is 5.91 Å². The number of rotatable bonds is 5. The van der Waals surface area contributed by atoms with Crippen LogP contribution in [0.1, 0.15) is 6.92 Å². The van der Waals surface area contributed by atoms with Crippen LogP contribution in [0.25, 0.3) is 0 Å². The number of amides is 2. The first kappa shape index (κ1) is 17.5. The summed E-state index contributed by atoms with van der Waals surface area (Å²) in [7, 11) is 0. The third-order valence-corrected chi connectivity index (χ3v) is 3.83. The molecule has 0 aliphatic carbocycles. The summed E-state index contributed by atoms with van der Waals surface area (Å²) in [6.45, 7) is 1.31. The van der Waals surface area contributed by atoms with Crippen molar-refractivity contribution >= 4 is 55.0 Å². The summed E-state index contributed by atoms with van der Waals surface area (Å²) in [5.74, 6) is 0.118. The molecule has 2 aromatic rings. The summed E-state index contributed by atoms with van der Waals surface area (Å²) in [5, 5.41) is 5.37. The molecule has 0 aliphatic rings. The molecule has 5 nitrogen and oxygen atoms in total. The van der Waals surface area contributed by atoms with Crippen LogP contribution in [-0.4, -0.2) is 18.4 Å². The number of carbonyl (C=O) groups excluding carboxylic acids is 2. The third kappa shape index (κ3) is 5.69. The second-order valence-corrected chi connectivity index (χ2v) is 6.44. The van der Waals surface area contributed by atoms with Crippen LogP contribution in [0.15, 0.2) is 51.4 Å². The third-order valence-electron chi connectivity index (χ3n) is 2.72. The van der Waals surface area contributed by atoms with Crippen LogP contribution >= 0.6 is 31.9 Å². The van der Waals surface area contributed by atoms with Crippen LogP contribution in [-0.2, 0) is 9.59 Å². The van der Waals surface area contributed by atoms with Crippen LogP contribution in [0.3, 0.4) is 0 Å². The predicted octanol–water partition coefficient (Wildman–Crippen LogP) is 4.19. The molecule has 0 unspecified atom stereocenters. The average molecular weight is 442 g/mol. The zero-order valence-electron chi connectivity index (χ0n) is 12.2. The topological polar surface area (TPSA) is 67.4 Å². The lowest BCUT2D eigenvalue weighted by Gasteiger charge is -2.10. The highest BCUT2D eigenvalue weighted by Gasteiger charge is 2.07. The van der Waals surface area contributed by atoms with Gasteiger partial charge in [-0.05, 0) is 52.3 Å². The lowest BCUT2D eigenvalue weighted by molar-refractivity contribution is -0.118. The van der Waals surface area contributed by atoms with Crippen molar-refractivity contribution in [1.82, 2.24) is 0 Å². The Hall–Kier alpha value is -1.86. The normalized spacial score (nSPS) is 10.0. The number of carbonyl (C=O) groups is 2. The van der Waals surface area contributed by atoms with Gasteiger partial charge in [-0.2, -0.15) is 0 Å². The van der Waals surface area contributed by atoms with E-state index in [2.05, 4.69) is 42.5 Å². The maximum absolute atomic E-state index is 11.9. The van der Waals surface area contributed by atoms with Gasteiger partial charge in [-0.1, -0.05) is 22.0 Å². The fraction of sp³-hybridized carbons (Fsp3) is 0.125. The van der Waals surface area contributed by atoms with Gasteiger partial charge in [0.15, 0.2) is 6.61 Å². The summed E-state index contributed by atoms with van der Waals surface area (Å²) < 4.78 is 7.14. The quantitative estimate of drug-likeness (QED) is 0.730. The van der Waals surface area contributed by atoms with Crippen molar-refractivity contribution in [2.24, 2.45) is 0 Å². The van der Waals surface area contributed by atoms with E-state index in [1.807, 2.05) is 12.1 Å². The molecule has 0 fully saturated rings. The number of ether oxygens (including phenoxy) is 1. The van der Waals surface area contributed by atoms with E-state index in [1.54, 1.807) is 30.3 Å². The lowest BCUT2D eigenvalue weighted by atomic mass is 10.2. The minimum atomic E-state index is -0.292. The van der Waals surface area contributed by atoms with E-state index in [4.69, 9.17) is 4.74 Å². The van der Waals surface area contributed by atoms with Crippen molar-refractivity contribution < 1.29 is 14.3 Å². The molecule has 2 aromatic carbocycles. The number of halogens is 2. The highest BCUT2D eigenvalue weighted by atomic mass is 79.9. The van der Waals surface area contributed by atoms with Gasteiger partial charge in [0.05, 0.1) is 4.47 Å². The molecule has 2 N–H and O–H groups in total. The molecule has 0 atom stereocenters. The summed E-state index contributed by atoms with van der Waals surface area (Å²) in [6.07, 6.45) is 0. The largest absolute Gasteiger partial charge is 0.483 e. The first-order chi connectivity index (χ1) is 10.9. The molecule has 0 aliphatic heterocycles. The first-order valence-electron chi connectivity index (χ1n) is 6.69. The number of benzene rings is 2. The summed E-state index contributed by atoms with van der Waals surface area (Å²) in [5.41, 5.74) is 1.20. The van der Waals surface area contributed by atoms with Gasteiger partial charge in [0.1, 0.15) is 5.75 Å². The van der Waals surface area contributed by atoms with Gasteiger partial charge >= 0.3 is 0 Å². The van der Waals surface area contributed by atoms with E-state index in [0.29, 0.717) is 17.1 Å². The molecule has 0 aromatic heterocycles. The molecule has 0 saturated carbocycles. The maximum Gasteiger partial charge on any atom is 0.262 e. The second kappa shape index (κ2) is 8.12. The van der Waals surface area contributed by atoms with Crippen molar-refractivity contribution in [2.75, 3.05) is 17.2 Å². The summed E-state index contributed by atoms with van der Waals surface area (Å²) >= 11 is 6.72. The Morgan fingerprint density at radius 1 is 1.04 bits per heavy atom. The number of hydrogen-bond acceptors (Lipinski definition) is 3. The highest BCUT2D eigenvalue weighted by Crippen LogP contribution is 2.28. The van der Waals surface area contributed by atoms with Crippen LogP contribution in [0.2, 0.25) is 0 Å². The fourth-order valence-electron chi connectivity index (χ4n) is 1.81. The van der Waals surface area contributed by atoms with Gasteiger partial charge in [-0.3, -0.25) is 9.59 Å². The van der Waals surface area contributed by atoms with Crippen molar-refractivity contribution in [1.29, 1.82) is 0 Å². The zero-order chi connectivity index (χ0) is 16.8. The molecule has 2 rings (SSSR count). The fourth-order valence-corrected chi connectivity index (χ4v) is 2.97. The predicted molar refractivity (Wildman–Crippen MR) is 96.7 cm³/mol. The molecule has 0 spiro atoms. The zero-order valence-corrected chi connectivity index (χ0v) is 15.4. The van der Waals surface area contributed by atoms with Crippen LogP contribution < -0.4 is 15.4 Å². The molecule has 0 radical (unpaired) electrons. The molecule has 0 heterocycles. The summed E-state index contributed by atoms with van der Waals surface area (Å²) in [4.78, 5) is 23.0. The van der Waals surface area contributed by atoms with Crippen molar-refractivity contribution in [2.45, 2.75) is 6.92 Å². The van der Waals surface area contributed by atoms with E-state index in [9.17, 15) is 9.59 Å². The van der Waals surface area contributed by atoms with Gasteiger partial charge in [-0.15, -0.1) is 0 Å². The van der Waals surface area contributed by atoms with E-state index in [1.165, 1.54) is 6.92 Å². The second-order valence-electron chi connectivity index (χ2n) is 4.67. The van der Waals surface area contributed by atoms with Crippen LogP contribution in [0.5, 0.6) is 5.75 Å². The van der Waals surface area contributed by atoms with Gasteiger partial charge in [0, 0.05) is 22.8 Å². The minimum Gasteiger partial charge on any atom is -0.483 e. The minimum absolute atomic E-state index is 0.120. The van der Waals surface area contributed by atoms with E-state index in [-0.39, 0.29) is 18.4 Å². The Morgan fingerprint density at radius 3 is 2.39 bits per heavy atom. The molecule has 120 valence electrons. The Balaban J connectivity index is 1.93. The number of nitrogens with one attached hydrogen (secondary N) is 2. The summed E-state index contributed by atoms with van der Waals surface area (Å²) in [6, 6.07) is 12.3. The lowest BCUT2D eigenvalue weighted by Crippen LogP contribution is -2.20. The Morgan fingerprint density at radius 2 is 1.74 bits per heavy atom. The molecule has 0 bridgehead atoms. The standard InChI is InChI=1S/C16H14Br2N2O3/c1-10(21)19-12-3-2-4-13(8-12)20-16(22)9-23-15-6-5-11(17)7-14(15)18/h2-8H,9H2,1H3,(H,19,21)(H,20,22). The van der Waals surface area contributed by atoms with E-state index < -0.39 is 0 Å². The SMILES string of the molecule is CC(=O)Nc1cccc(NC(=O)COc2ccc(Br)cc2Br)c1. The molecular formula is C16H14Br2N2O3. The monoisotopic (exact) mass is 440 g/mol. The maximum atomic E-state index is 11.9. The molecule has 7 heteroatoms. The van der Waals surface area contributed by atoms with Crippen LogP contribution in [0.4, 0.5) is 11.4 Å². The van der Waals surface area contributed by atoms with E-state index in [0.717, 1.165) is 8.95 Å². The Kier molecular flexibility index (Phi) is 6.18. The van der Waals surface area contributed by atoms with Crippen molar-refractivity contribution in [3.8, 4) is 5.75 Å². The van der Waals surface area contributed by atoms with Crippen molar-refractivity contribution in [3.05, 3.63) is 51.4 Å². The van der Waals surface area contributed by atoms with Gasteiger partial charge < -0.3 is 15.4 Å². The number of hydrogen-bond donors (Lipinski definition) is 2. The van der Waals surface area contributed by atoms with Crippen molar-refractivity contribution in [3.63, 3.8) is 0 Å². The first-order valence-corrected chi connectivity index (χ1v) is 8.28. The number of anilines is 2. The Labute approximate surface area is 150 Å². The smallest absolute Gasteiger partial charge is 0.262 e. The molecule has 0 saturated heterocycles. The highest BCUT2D eigenvalue weighted by molar-refractivity contribution is 9.11. The molecular weight excluding hydrogens is 428 g/mol. The Bertz CT molecular complexity index is 735. The van der Waals surface area contributed by atoms with Gasteiger partial charge in [0.2, 0.25) is 5.91 Å². The van der Waals surface area contributed by atoms with E-state index >= 15 is 0 Å². The molecule has 2 amide bonds. The molecule has 23 heavy (non-hydrogen) atoms. The average Bonchev–Trinajstić information content (AvgIpc) is 2.46.